The molecule has 1 aliphatic heterocycles. The molecule has 5 nitrogen and oxygen atoms in total. The lowest BCUT2D eigenvalue weighted by atomic mass is 10.00. The van der Waals surface area contributed by atoms with Gasteiger partial charge in [-0.3, -0.25) is 9.99 Å². The Hall–Kier alpha value is -2.95. The summed E-state index contributed by atoms with van der Waals surface area (Å²) >= 11 is 0. The molecule has 138 valence electrons. The van der Waals surface area contributed by atoms with Crippen LogP contribution in [0.5, 0.6) is 0 Å². The fourth-order valence-electron chi connectivity index (χ4n) is 3.69. The molecule has 0 saturated carbocycles. The molecule has 2 aromatic heterocycles. The smallest absolute Gasteiger partial charge is 0.103 e. The van der Waals surface area contributed by atoms with Crippen LogP contribution in [0.3, 0.4) is 0 Å². The molecule has 0 bridgehead atoms. The molecule has 1 aromatic carbocycles. The van der Waals surface area contributed by atoms with Crippen LogP contribution in [0.25, 0.3) is 16.9 Å². The quantitative estimate of drug-likeness (QED) is 0.643. The van der Waals surface area contributed by atoms with Gasteiger partial charge in [-0.05, 0) is 57.4 Å². The molecule has 27 heavy (non-hydrogen) atoms. The van der Waals surface area contributed by atoms with E-state index in [4.69, 9.17) is 10.2 Å². The zero-order chi connectivity index (χ0) is 18.6. The van der Waals surface area contributed by atoms with E-state index < -0.39 is 0 Å². The van der Waals surface area contributed by atoms with Gasteiger partial charge in [-0.25, -0.2) is 4.68 Å². The average molecular weight is 359 g/mol. The van der Waals surface area contributed by atoms with Crippen molar-refractivity contribution >= 4 is 6.21 Å². The first-order valence-corrected chi connectivity index (χ1v) is 9.60. The van der Waals surface area contributed by atoms with Gasteiger partial charge >= 0.3 is 0 Å². The van der Waals surface area contributed by atoms with Crippen LogP contribution in [0.4, 0.5) is 0 Å². The van der Waals surface area contributed by atoms with Crippen LogP contribution in [0.1, 0.15) is 38.7 Å². The Morgan fingerprint density at radius 1 is 1.04 bits per heavy atom. The third kappa shape index (κ3) is 3.77. The van der Waals surface area contributed by atoms with Crippen molar-refractivity contribution in [2.45, 2.75) is 45.2 Å². The van der Waals surface area contributed by atoms with E-state index >= 15 is 0 Å². The second-order valence-electron chi connectivity index (χ2n) is 7.21. The summed E-state index contributed by atoms with van der Waals surface area (Å²) in [5.74, 6) is 0. The summed E-state index contributed by atoms with van der Waals surface area (Å²) in [5, 5.41) is 11.9. The van der Waals surface area contributed by atoms with Crippen LogP contribution in [-0.2, 0) is 0 Å². The van der Waals surface area contributed by atoms with Crippen LogP contribution in [0.2, 0.25) is 0 Å². The Kier molecular flexibility index (Phi) is 5.01. The molecular weight excluding hydrogens is 334 g/mol. The highest BCUT2D eigenvalue weighted by Crippen LogP contribution is 2.25. The summed E-state index contributed by atoms with van der Waals surface area (Å²) in [4.78, 5) is 4.25. The molecule has 0 radical (unpaired) electrons. The second kappa shape index (κ2) is 7.74. The van der Waals surface area contributed by atoms with Crippen LogP contribution in [0, 0.1) is 0 Å². The van der Waals surface area contributed by atoms with Crippen molar-refractivity contribution in [3.8, 4) is 16.9 Å². The van der Waals surface area contributed by atoms with Gasteiger partial charge in [0.1, 0.15) is 5.69 Å². The maximum absolute atomic E-state index is 4.84. The normalized spacial score (nSPS) is 20.3. The molecule has 0 spiro atoms. The van der Waals surface area contributed by atoms with Crippen molar-refractivity contribution in [3.63, 3.8) is 0 Å². The van der Waals surface area contributed by atoms with Crippen molar-refractivity contribution in [2.24, 2.45) is 5.10 Å². The van der Waals surface area contributed by atoms with Gasteiger partial charge in [0, 0.05) is 41.8 Å². The highest BCUT2D eigenvalue weighted by Gasteiger charge is 2.23. The summed E-state index contributed by atoms with van der Waals surface area (Å²) in [7, 11) is 0. The zero-order valence-corrected chi connectivity index (χ0v) is 15.9. The first-order chi connectivity index (χ1) is 13.2. The number of nitrogens with zero attached hydrogens (tertiary/aromatic N) is 5. The summed E-state index contributed by atoms with van der Waals surface area (Å²) in [6.07, 6.45) is 11.3. The summed E-state index contributed by atoms with van der Waals surface area (Å²) in [6.45, 7) is 4.50. The maximum Gasteiger partial charge on any atom is 0.103 e. The Morgan fingerprint density at radius 2 is 1.81 bits per heavy atom. The highest BCUT2D eigenvalue weighted by molar-refractivity contribution is 5.88. The Balaban J connectivity index is 1.72. The molecule has 1 fully saturated rings. The van der Waals surface area contributed by atoms with E-state index in [1.165, 1.54) is 19.3 Å². The van der Waals surface area contributed by atoms with Gasteiger partial charge in [0.15, 0.2) is 0 Å². The minimum Gasteiger partial charge on any atom is -0.292 e. The van der Waals surface area contributed by atoms with Crippen molar-refractivity contribution in [2.75, 3.05) is 0 Å². The van der Waals surface area contributed by atoms with Gasteiger partial charge in [-0.15, -0.1) is 0 Å². The van der Waals surface area contributed by atoms with Crippen molar-refractivity contribution in [1.82, 2.24) is 19.8 Å². The highest BCUT2D eigenvalue weighted by atomic mass is 15.5. The molecule has 5 heteroatoms. The zero-order valence-electron chi connectivity index (χ0n) is 15.9. The first kappa shape index (κ1) is 17.5. The lowest BCUT2D eigenvalue weighted by Crippen LogP contribution is -2.39. The lowest BCUT2D eigenvalue weighted by molar-refractivity contribution is 0.109. The van der Waals surface area contributed by atoms with E-state index in [0.29, 0.717) is 12.1 Å². The number of hydrazone groups is 1. The van der Waals surface area contributed by atoms with E-state index in [2.05, 4.69) is 36.0 Å². The van der Waals surface area contributed by atoms with Crippen LogP contribution < -0.4 is 0 Å². The number of piperidine rings is 1. The van der Waals surface area contributed by atoms with E-state index in [9.17, 15) is 0 Å². The predicted molar refractivity (Wildman–Crippen MR) is 109 cm³/mol. The van der Waals surface area contributed by atoms with Crippen LogP contribution in [0.15, 0.2) is 66.2 Å². The van der Waals surface area contributed by atoms with E-state index in [-0.39, 0.29) is 0 Å². The topological polar surface area (TPSA) is 46.3 Å². The van der Waals surface area contributed by atoms with Crippen LogP contribution >= 0.6 is 0 Å². The number of pyridine rings is 1. The molecule has 0 N–H and O–H groups in total. The Bertz CT molecular complexity index is 891. The minimum atomic E-state index is 0.469. The molecule has 3 heterocycles. The van der Waals surface area contributed by atoms with E-state index in [1.807, 2.05) is 53.6 Å². The lowest BCUT2D eigenvalue weighted by Gasteiger charge is -2.36. The standard InChI is InChI=1S/C22H25N5/c1-17-8-6-9-18(2)27(17)24-15-20-16-26(21-11-4-3-5-12-21)25-22(20)19-10-7-13-23-14-19/h3-5,7,10-18H,6,8-9H2,1-2H3/b24-15-/t17-,18-/m0/s1. The summed E-state index contributed by atoms with van der Waals surface area (Å²) in [6, 6.07) is 15.1. The number of benzene rings is 1. The van der Waals surface area contributed by atoms with Crippen LogP contribution in [-0.4, -0.2) is 38.1 Å². The second-order valence-corrected chi connectivity index (χ2v) is 7.21. The van der Waals surface area contributed by atoms with Gasteiger partial charge < -0.3 is 0 Å². The van der Waals surface area contributed by atoms with Gasteiger partial charge in [0.25, 0.3) is 0 Å². The third-order valence-corrected chi connectivity index (χ3v) is 5.18. The molecule has 0 amide bonds. The third-order valence-electron chi connectivity index (χ3n) is 5.18. The van der Waals surface area contributed by atoms with Gasteiger partial charge in [-0.1, -0.05) is 18.2 Å². The van der Waals surface area contributed by atoms with Crippen molar-refractivity contribution < 1.29 is 0 Å². The SMILES string of the molecule is C[C@H]1CCC[C@H](C)N1/N=C\c1cn(-c2ccccc2)nc1-c1cccnc1. The fraction of sp³-hybridized carbons (Fsp3) is 0.318. The molecular formula is C22H25N5. The van der Waals surface area contributed by atoms with Gasteiger partial charge in [0.05, 0.1) is 11.9 Å². The fourth-order valence-corrected chi connectivity index (χ4v) is 3.69. The minimum absolute atomic E-state index is 0.469. The Labute approximate surface area is 160 Å². The monoisotopic (exact) mass is 359 g/mol. The molecule has 0 unspecified atom stereocenters. The predicted octanol–water partition coefficient (Wildman–Crippen LogP) is 4.53. The molecule has 1 aliphatic rings. The molecule has 4 rings (SSSR count). The van der Waals surface area contributed by atoms with E-state index in [1.54, 1.807) is 6.20 Å². The Morgan fingerprint density at radius 3 is 2.52 bits per heavy atom. The largest absolute Gasteiger partial charge is 0.292 e. The first-order valence-electron chi connectivity index (χ1n) is 9.60. The van der Waals surface area contributed by atoms with Crippen molar-refractivity contribution in [1.29, 1.82) is 0 Å². The summed E-state index contributed by atoms with van der Waals surface area (Å²) in [5.41, 5.74) is 3.92. The molecule has 0 aliphatic carbocycles. The number of para-hydroxylation sites is 1. The average Bonchev–Trinajstić information content (AvgIpc) is 3.13. The summed E-state index contributed by atoms with van der Waals surface area (Å²) < 4.78 is 1.91. The van der Waals surface area contributed by atoms with Gasteiger partial charge in [-0.2, -0.15) is 10.2 Å². The number of aromatic nitrogens is 3. The maximum atomic E-state index is 4.84. The molecule has 1 saturated heterocycles. The van der Waals surface area contributed by atoms with E-state index in [0.717, 1.165) is 22.5 Å². The number of rotatable bonds is 4. The number of hydrogen-bond acceptors (Lipinski definition) is 4. The van der Waals surface area contributed by atoms with Gasteiger partial charge in [0.2, 0.25) is 0 Å². The molecule has 3 aromatic rings. The van der Waals surface area contributed by atoms with Crippen molar-refractivity contribution in [3.05, 3.63) is 66.6 Å². The molecule has 2 atom stereocenters. The number of hydrogen-bond donors (Lipinski definition) is 0.